The van der Waals surface area contributed by atoms with E-state index >= 15 is 0 Å². The summed E-state index contributed by atoms with van der Waals surface area (Å²) < 4.78 is 0. The Labute approximate surface area is 129 Å². The molecule has 1 unspecified atom stereocenters. The van der Waals surface area contributed by atoms with Crippen LogP contribution in [0.25, 0.3) is 0 Å². The summed E-state index contributed by atoms with van der Waals surface area (Å²) in [7, 11) is 0. The molecule has 0 bridgehead atoms. The highest BCUT2D eigenvalue weighted by atomic mass is 32.1. The molecule has 20 heavy (non-hydrogen) atoms. The maximum absolute atomic E-state index is 5.40. The molecule has 2 N–H and O–H groups in total. The average Bonchev–Trinajstić information content (AvgIpc) is 2.38. The van der Waals surface area contributed by atoms with Crippen molar-refractivity contribution in [1.29, 1.82) is 0 Å². The zero-order valence-electron chi connectivity index (χ0n) is 13.2. The van der Waals surface area contributed by atoms with Crippen LogP contribution in [0.5, 0.6) is 0 Å². The van der Waals surface area contributed by atoms with Crippen molar-refractivity contribution >= 4 is 23.0 Å². The molecular formula is C17H28N2S. The lowest BCUT2D eigenvalue weighted by Gasteiger charge is -2.18. The van der Waals surface area contributed by atoms with E-state index in [-0.39, 0.29) is 0 Å². The Balaban J connectivity index is 2.39. The Hall–Kier alpha value is -1.09. The van der Waals surface area contributed by atoms with Gasteiger partial charge in [-0.15, -0.1) is 0 Å². The molecule has 1 rings (SSSR count). The molecule has 112 valence electrons. The van der Waals surface area contributed by atoms with Crippen LogP contribution in [0, 0.1) is 5.92 Å². The van der Waals surface area contributed by atoms with Crippen LogP contribution in [0.4, 0.5) is 5.69 Å². The van der Waals surface area contributed by atoms with E-state index in [9.17, 15) is 0 Å². The molecule has 0 radical (unpaired) electrons. The number of para-hydroxylation sites is 1. The van der Waals surface area contributed by atoms with Crippen molar-refractivity contribution in [3.8, 4) is 0 Å². The monoisotopic (exact) mass is 292 g/mol. The number of nitrogens with one attached hydrogen (secondary N) is 2. The maximum atomic E-state index is 5.40. The largest absolute Gasteiger partial charge is 0.360 e. The lowest BCUT2D eigenvalue weighted by Crippen LogP contribution is -2.36. The Morgan fingerprint density at radius 2 is 1.85 bits per heavy atom. The summed E-state index contributed by atoms with van der Waals surface area (Å²) in [6.07, 6.45) is 4.70. The number of benzene rings is 1. The summed E-state index contributed by atoms with van der Waals surface area (Å²) in [5.74, 6) is 0.781. The SMILES string of the molecule is CCc1ccccc1NC(=S)NC(C)CCCC(C)C. The van der Waals surface area contributed by atoms with Gasteiger partial charge in [0.05, 0.1) is 0 Å². The average molecular weight is 292 g/mol. The normalized spacial score (nSPS) is 12.2. The zero-order chi connectivity index (χ0) is 15.0. The van der Waals surface area contributed by atoms with Gasteiger partial charge < -0.3 is 10.6 Å². The molecule has 0 fully saturated rings. The third-order valence-electron chi connectivity index (χ3n) is 3.44. The van der Waals surface area contributed by atoms with Crippen LogP contribution in [0.2, 0.25) is 0 Å². The van der Waals surface area contributed by atoms with E-state index in [0.29, 0.717) is 6.04 Å². The highest BCUT2D eigenvalue weighted by Crippen LogP contribution is 2.15. The van der Waals surface area contributed by atoms with Crippen molar-refractivity contribution in [3.05, 3.63) is 29.8 Å². The summed E-state index contributed by atoms with van der Waals surface area (Å²) in [5, 5.41) is 7.41. The van der Waals surface area contributed by atoms with Crippen LogP contribution in [-0.4, -0.2) is 11.2 Å². The molecule has 0 aliphatic heterocycles. The van der Waals surface area contributed by atoms with Gasteiger partial charge >= 0.3 is 0 Å². The third-order valence-corrected chi connectivity index (χ3v) is 3.66. The van der Waals surface area contributed by atoms with Crippen molar-refractivity contribution in [2.75, 3.05) is 5.32 Å². The zero-order valence-corrected chi connectivity index (χ0v) is 14.0. The van der Waals surface area contributed by atoms with Crippen LogP contribution in [0.15, 0.2) is 24.3 Å². The molecule has 1 aromatic rings. The number of hydrogen-bond donors (Lipinski definition) is 2. The molecule has 0 saturated carbocycles. The van der Waals surface area contributed by atoms with Gasteiger partial charge in [0.2, 0.25) is 0 Å². The Bertz CT molecular complexity index is 415. The van der Waals surface area contributed by atoms with Crippen LogP contribution >= 0.6 is 12.2 Å². The topological polar surface area (TPSA) is 24.1 Å². The van der Waals surface area contributed by atoms with Crippen LogP contribution < -0.4 is 10.6 Å². The van der Waals surface area contributed by atoms with E-state index in [1.807, 2.05) is 6.07 Å². The predicted octanol–water partition coefficient (Wildman–Crippen LogP) is 4.75. The van der Waals surface area contributed by atoms with E-state index < -0.39 is 0 Å². The summed E-state index contributed by atoms with van der Waals surface area (Å²) in [4.78, 5) is 0. The van der Waals surface area contributed by atoms with E-state index in [4.69, 9.17) is 12.2 Å². The molecule has 0 saturated heterocycles. The van der Waals surface area contributed by atoms with Gasteiger partial charge in [-0.3, -0.25) is 0 Å². The maximum Gasteiger partial charge on any atom is 0.170 e. The van der Waals surface area contributed by atoms with Crippen molar-refractivity contribution in [2.45, 2.75) is 59.4 Å². The second-order valence-electron chi connectivity index (χ2n) is 5.83. The van der Waals surface area contributed by atoms with E-state index in [2.05, 4.69) is 56.5 Å². The molecule has 0 aliphatic carbocycles. The van der Waals surface area contributed by atoms with E-state index in [1.54, 1.807) is 0 Å². The number of hydrogen-bond acceptors (Lipinski definition) is 1. The molecule has 2 nitrogen and oxygen atoms in total. The van der Waals surface area contributed by atoms with E-state index in [1.165, 1.54) is 18.4 Å². The van der Waals surface area contributed by atoms with Gasteiger partial charge in [0.15, 0.2) is 5.11 Å². The molecule has 0 spiro atoms. The second-order valence-corrected chi connectivity index (χ2v) is 6.24. The van der Waals surface area contributed by atoms with Gasteiger partial charge in [0, 0.05) is 11.7 Å². The quantitative estimate of drug-likeness (QED) is 0.709. The van der Waals surface area contributed by atoms with Gasteiger partial charge in [-0.05, 0) is 49.5 Å². The van der Waals surface area contributed by atoms with Crippen LogP contribution in [-0.2, 0) is 6.42 Å². The lowest BCUT2D eigenvalue weighted by atomic mass is 10.0. The van der Waals surface area contributed by atoms with Gasteiger partial charge in [0.1, 0.15) is 0 Å². The van der Waals surface area contributed by atoms with Gasteiger partial charge in [-0.25, -0.2) is 0 Å². The Kier molecular flexibility index (Phi) is 7.60. The first-order valence-electron chi connectivity index (χ1n) is 7.68. The minimum absolute atomic E-state index is 0.419. The second kappa shape index (κ2) is 8.96. The lowest BCUT2D eigenvalue weighted by molar-refractivity contribution is 0.495. The first-order valence-corrected chi connectivity index (χ1v) is 8.09. The molecule has 1 aromatic carbocycles. The molecule has 0 aliphatic rings. The Morgan fingerprint density at radius 3 is 2.50 bits per heavy atom. The standard InChI is InChI=1S/C17H28N2S/c1-5-15-11-6-7-12-16(15)19-17(20)18-14(4)10-8-9-13(2)3/h6-7,11-14H,5,8-10H2,1-4H3,(H2,18,19,20). The summed E-state index contributed by atoms with van der Waals surface area (Å²) in [6, 6.07) is 8.74. The first-order chi connectivity index (χ1) is 9.52. The summed E-state index contributed by atoms with van der Waals surface area (Å²) in [5.41, 5.74) is 2.41. The third kappa shape index (κ3) is 6.38. The number of thiocarbonyl (C=S) groups is 1. The minimum Gasteiger partial charge on any atom is -0.360 e. The van der Waals surface area contributed by atoms with Gasteiger partial charge in [0.25, 0.3) is 0 Å². The molecule has 0 aromatic heterocycles. The fraction of sp³-hybridized carbons (Fsp3) is 0.588. The van der Waals surface area contributed by atoms with Gasteiger partial charge in [-0.2, -0.15) is 0 Å². The highest BCUT2D eigenvalue weighted by molar-refractivity contribution is 7.80. The van der Waals surface area contributed by atoms with Crippen molar-refractivity contribution < 1.29 is 0 Å². The van der Waals surface area contributed by atoms with Crippen molar-refractivity contribution in [1.82, 2.24) is 5.32 Å². The molecular weight excluding hydrogens is 264 g/mol. The molecule has 0 amide bonds. The first kappa shape index (κ1) is 17.0. The number of anilines is 1. The minimum atomic E-state index is 0.419. The Morgan fingerprint density at radius 1 is 1.15 bits per heavy atom. The molecule has 0 heterocycles. The number of aryl methyl sites for hydroxylation is 1. The van der Waals surface area contributed by atoms with Gasteiger partial charge in [-0.1, -0.05) is 51.8 Å². The molecule has 1 atom stereocenters. The van der Waals surface area contributed by atoms with Crippen LogP contribution in [0.3, 0.4) is 0 Å². The summed E-state index contributed by atoms with van der Waals surface area (Å²) >= 11 is 5.40. The fourth-order valence-electron chi connectivity index (χ4n) is 2.24. The smallest absolute Gasteiger partial charge is 0.170 e. The fourth-order valence-corrected chi connectivity index (χ4v) is 2.55. The van der Waals surface area contributed by atoms with Crippen LogP contribution in [0.1, 0.15) is 52.5 Å². The van der Waals surface area contributed by atoms with E-state index in [0.717, 1.165) is 29.6 Å². The molecule has 3 heteroatoms. The number of rotatable bonds is 7. The van der Waals surface area contributed by atoms with Crippen molar-refractivity contribution in [2.24, 2.45) is 5.92 Å². The predicted molar refractivity (Wildman–Crippen MR) is 93.3 cm³/mol. The van der Waals surface area contributed by atoms with Crippen molar-refractivity contribution in [3.63, 3.8) is 0 Å². The summed E-state index contributed by atoms with van der Waals surface area (Å²) in [6.45, 7) is 8.89. The highest BCUT2D eigenvalue weighted by Gasteiger charge is 2.06.